The highest BCUT2D eigenvalue weighted by Crippen LogP contribution is 2.28. The van der Waals surface area contributed by atoms with Crippen molar-refractivity contribution < 1.29 is 0 Å². The number of fused-ring (bicyclic) bond motifs is 1. The molecule has 0 atom stereocenters. The maximum atomic E-state index is 6.16. The summed E-state index contributed by atoms with van der Waals surface area (Å²) in [7, 11) is 0. The molecule has 0 aliphatic heterocycles. The topological polar surface area (TPSA) is 38.9 Å². The number of para-hydroxylation sites is 1. The van der Waals surface area contributed by atoms with Crippen LogP contribution < -0.4 is 5.73 Å². The predicted molar refractivity (Wildman–Crippen MR) is 73.0 cm³/mol. The number of nitrogens with two attached hydrogens (primary N) is 1. The molecule has 0 radical (unpaired) electrons. The smallest absolute Gasteiger partial charge is 0.0859 e. The van der Waals surface area contributed by atoms with Gasteiger partial charge in [-0.25, -0.2) is 0 Å². The van der Waals surface area contributed by atoms with Gasteiger partial charge in [0.15, 0.2) is 0 Å². The summed E-state index contributed by atoms with van der Waals surface area (Å²) in [5.74, 6) is 0. The number of benzene rings is 1. The third-order valence-electron chi connectivity index (χ3n) is 2.67. The molecule has 0 fully saturated rings. The van der Waals surface area contributed by atoms with Gasteiger partial charge >= 0.3 is 0 Å². The molecule has 0 spiro atoms. The van der Waals surface area contributed by atoms with Gasteiger partial charge in [0, 0.05) is 20.3 Å². The van der Waals surface area contributed by atoms with E-state index in [-0.39, 0.29) is 0 Å². The Labute approximate surface area is 103 Å². The van der Waals surface area contributed by atoms with Crippen molar-refractivity contribution in [2.24, 2.45) is 0 Å². The van der Waals surface area contributed by atoms with Crippen LogP contribution in [0.3, 0.4) is 0 Å². The summed E-state index contributed by atoms with van der Waals surface area (Å²) in [5.41, 5.74) is 10.3. The summed E-state index contributed by atoms with van der Waals surface area (Å²) in [6.07, 6.45) is 0.937. The van der Waals surface area contributed by atoms with Crippen LogP contribution in [0, 0.1) is 10.5 Å². The third-order valence-corrected chi connectivity index (χ3v) is 3.54. The van der Waals surface area contributed by atoms with E-state index in [1.54, 1.807) is 0 Å². The van der Waals surface area contributed by atoms with Crippen molar-refractivity contribution >= 4 is 39.2 Å². The lowest BCUT2D eigenvalue weighted by Gasteiger charge is -2.11. The molecule has 0 amide bonds. The number of hydrogen-bond acceptors (Lipinski definition) is 2. The van der Waals surface area contributed by atoms with E-state index in [9.17, 15) is 0 Å². The fraction of sp³-hybridized carbons (Fsp3) is 0.250. The Balaban J connectivity index is 2.91. The Hall–Kier alpha value is -0.840. The molecule has 78 valence electrons. The number of nitrogen functional groups attached to an aromatic ring is 1. The lowest BCUT2D eigenvalue weighted by atomic mass is 10.0. The van der Waals surface area contributed by atoms with Crippen LogP contribution in [-0.2, 0) is 6.42 Å². The highest BCUT2D eigenvalue weighted by Gasteiger charge is 2.09. The molecular weight excluding hydrogens is 299 g/mol. The molecule has 0 aliphatic carbocycles. The number of pyridine rings is 1. The third kappa shape index (κ3) is 1.69. The first-order valence-electron chi connectivity index (χ1n) is 4.98. The summed E-state index contributed by atoms with van der Waals surface area (Å²) in [6, 6.07) is 6.12. The van der Waals surface area contributed by atoms with E-state index in [2.05, 4.69) is 40.6 Å². The van der Waals surface area contributed by atoms with Gasteiger partial charge in [-0.05, 0) is 47.6 Å². The van der Waals surface area contributed by atoms with E-state index < -0.39 is 0 Å². The summed E-state index contributed by atoms with van der Waals surface area (Å²) in [5, 5.41) is 1.07. The normalized spacial score (nSPS) is 10.9. The first kappa shape index (κ1) is 10.7. The second-order valence-corrected chi connectivity index (χ2v) is 4.74. The zero-order valence-electron chi connectivity index (χ0n) is 8.84. The van der Waals surface area contributed by atoms with E-state index in [4.69, 9.17) is 5.73 Å². The molecule has 2 aromatic rings. The lowest BCUT2D eigenvalue weighted by Crippen LogP contribution is -2.01. The fourth-order valence-electron chi connectivity index (χ4n) is 1.89. The quantitative estimate of drug-likeness (QED) is 0.821. The fourth-order valence-corrected chi connectivity index (χ4v) is 2.50. The van der Waals surface area contributed by atoms with Crippen LogP contribution in [0.25, 0.3) is 10.9 Å². The van der Waals surface area contributed by atoms with Crippen molar-refractivity contribution in [3.05, 3.63) is 33.0 Å². The van der Waals surface area contributed by atoms with E-state index in [0.717, 1.165) is 32.3 Å². The molecule has 0 unspecified atom stereocenters. The SMILES string of the molecule is CCc1c(C)nc2c(I)cccc2c1N. The van der Waals surface area contributed by atoms with Gasteiger partial charge in [-0.1, -0.05) is 19.1 Å². The molecule has 0 saturated heterocycles. The maximum absolute atomic E-state index is 6.16. The Kier molecular flexibility index (Phi) is 2.82. The molecule has 0 saturated carbocycles. The van der Waals surface area contributed by atoms with Crippen LogP contribution in [-0.4, -0.2) is 4.98 Å². The van der Waals surface area contributed by atoms with Crippen molar-refractivity contribution in [1.29, 1.82) is 0 Å². The van der Waals surface area contributed by atoms with Crippen molar-refractivity contribution in [2.75, 3.05) is 5.73 Å². The number of halogens is 1. The zero-order valence-corrected chi connectivity index (χ0v) is 11.0. The standard InChI is InChI=1S/C12H13IN2/c1-3-8-7(2)15-12-9(11(8)14)5-4-6-10(12)13/h4-6H,3H2,1-2H3,(H2,14,15). The minimum Gasteiger partial charge on any atom is -0.398 e. The van der Waals surface area contributed by atoms with Gasteiger partial charge in [-0.3, -0.25) is 4.98 Å². The highest BCUT2D eigenvalue weighted by molar-refractivity contribution is 14.1. The van der Waals surface area contributed by atoms with Crippen LogP contribution in [0.5, 0.6) is 0 Å². The molecule has 2 nitrogen and oxygen atoms in total. The first-order chi connectivity index (χ1) is 7.15. The molecule has 2 N–H and O–H groups in total. The monoisotopic (exact) mass is 312 g/mol. The van der Waals surface area contributed by atoms with Crippen LogP contribution in [0.1, 0.15) is 18.2 Å². The Morgan fingerprint density at radius 3 is 2.80 bits per heavy atom. The molecule has 3 heteroatoms. The number of hydrogen-bond donors (Lipinski definition) is 1. The van der Waals surface area contributed by atoms with Gasteiger partial charge < -0.3 is 5.73 Å². The van der Waals surface area contributed by atoms with Crippen molar-refractivity contribution in [1.82, 2.24) is 4.98 Å². The van der Waals surface area contributed by atoms with Crippen LogP contribution in [0.15, 0.2) is 18.2 Å². The molecule has 1 heterocycles. The molecule has 1 aromatic carbocycles. The van der Waals surface area contributed by atoms with Gasteiger partial charge in [0.25, 0.3) is 0 Å². The molecule has 2 rings (SSSR count). The molecular formula is C12H13IN2. The predicted octanol–water partition coefficient (Wildman–Crippen LogP) is 3.29. The van der Waals surface area contributed by atoms with E-state index in [1.807, 2.05) is 19.1 Å². The van der Waals surface area contributed by atoms with Gasteiger partial charge in [0.2, 0.25) is 0 Å². The summed E-state index contributed by atoms with van der Waals surface area (Å²) in [6.45, 7) is 4.14. The summed E-state index contributed by atoms with van der Waals surface area (Å²) < 4.78 is 1.16. The lowest BCUT2D eigenvalue weighted by molar-refractivity contribution is 1.07. The van der Waals surface area contributed by atoms with Crippen LogP contribution in [0.2, 0.25) is 0 Å². The second-order valence-electron chi connectivity index (χ2n) is 3.58. The Bertz CT molecular complexity index is 521. The van der Waals surface area contributed by atoms with E-state index in [1.165, 1.54) is 5.56 Å². The van der Waals surface area contributed by atoms with E-state index in [0.29, 0.717) is 0 Å². The second kappa shape index (κ2) is 3.96. The molecule has 1 aromatic heterocycles. The number of nitrogens with zero attached hydrogens (tertiary/aromatic N) is 1. The van der Waals surface area contributed by atoms with Gasteiger partial charge in [-0.15, -0.1) is 0 Å². The van der Waals surface area contributed by atoms with Crippen LogP contribution >= 0.6 is 22.6 Å². The Morgan fingerprint density at radius 1 is 1.40 bits per heavy atom. The average Bonchev–Trinajstić information content (AvgIpc) is 2.20. The first-order valence-corrected chi connectivity index (χ1v) is 6.06. The minimum absolute atomic E-state index is 0.888. The highest BCUT2D eigenvalue weighted by atomic mass is 127. The van der Waals surface area contributed by atoms with Crippen molar-refractivity contribution in [3.8, 4) is 0 Å². The number of aromatic nitrogens is 1. The van der Waals surface area contributed by atoms with Gasteiger partial charge in [-0.2, -0.15) is 0 Å². The minimum atomic E-state index is 0.888. The van der Waals surface area contributed by atoms with Gasteiger partial charge in [0.1, 0.15) is 0 Å². The average molecular weight is 312 g/mol. The summed E-state index contributed by atoms with van der Waals surface area (Å²) in [4.78, 5) is 4.62. The maximum Gasteiger partial charge on any atom is 0.0859 e. The number of aryl methyl sites for hydroxylation is 1. The van der Waals surface area contributed by atoms with Crippen molar-refractivity contribution in [2.45, 2.75) is 20.3 Å². The molecule has 15 heavy (non-hydrogen) atoms. The Morgan fingerprint density at radius 2 is 2.13 bits per heavy atom. The molecule has 0 aliphatic rings. The van der Waals surface area contributed by atoms with Crippen molar-refractivity contribution in [3.63, 3.8) is 0 Å². The summed E-state index contributed by atoms with van der Waals surface area (Å²) >= 11 is 2.30. The van der Waals surface area contributed by atoms with E-state index >= 15 is 0 Å². The zero-order chi connectivity index (χ0) is 11.0. The number of anilines is 1. The van der Waals surface area contributed by atoms with Gasteiger partial charge in [0.05, 0.1) is 5.52 Å². The van der Waals surface area contributed by atoms with Crippen LogP contribution in [0.4, 0.5) is 5.69 Å². The molecule has 0 bridgehead atoms. The number of rotatable bonds is 1. The largest absolute Gasteiger partial charge is 0.398 e.